The molecule has 0 fully saturated rings. The maximum absolute atomic E-state index is 12.0. The first kappa shape index (κ1) is 14.5. The van der Waals surface area contributed by atoms with Crippen LogP contribution in [0.2, 0.25) is 0 Å². The largest absolute Gasteiger partial charge is 0.410 e. The zero-order chi connectivity index (χ0) is 13.9. The number of hydrogen-bond acceptors (Lipinski definition) is 3. The van der Waals surface area contributed by atoms with Gasteiger partial charge in [-0.25, -0.2) is 0 Å². The summed E-state index contributed by atoms with van der Waals surface area (Å²) in [6, 6.07) is 4.40. The summed E-state index contributed by atoms with van der Waals surface area (Å²) < 4.78 is 36.0. The van der Waals surface area contributed by atoms with E-state index >= 15 is 0 Å². The van der Waals surface area contributed by atoms with Gasteiger partial charge in [0.1, 0.15) is 6.10 Å². The molecule has 1 N–H and O–H groups in total. The minimum absolute atomic E-state index is 0.0334. The molecule has 1 aromatic rings. The summed E-state index contributed by atoms with van der Waals surface area (Å²) in [5, 5.41) is 19.1. The molecule has 8 heteroatoms. The second kappa shape index (κ2) is 5.36. The molecular weight excluding hydrogens is 275 g/mol. The molecule has 4 nitrogen and oxygen atoms in total. The normalized spacial score (nSPS) is 14.4. The summed E-state index contributed by atoms with van der Waals surface area (Å²) in [5.41, 5.74) is -0.201. The van der Waals surface area contributed by atoms with Gasteiger partial charge < -0.3 is 5.11 Å². The van der Waals surface area contributed by atoms with Crippen molar-refractivity contribution >= 4 is 17.3 Å². The van der Waals surface area contributed by atoms with Crippen LogP contribution >= 0.6 is 11.6 Å². The number of halogens is 4. The van der Waals surface area contributed by atoms with Crippen molar-refractivity contribution in [1.29, 1.82) is 0 Å². The predicted molar refractivity (Wildman–Crippen MR) is 58.0 cm³/mol. The highest BCUT2D eigenvalue weighted by Gasteiger charge is 2.26. The standard InChI is InChI=1S/C10H7ClF3NO3/c11-8(5-10(12,13)14)9(16)6-1-3-7(4-2-6)15(17)18/h1-5,9,16H/b8-5+. The number of non-ortho nitro benzene ring substituents is 1. The van der Waals surface area contributed by atoms with Gasteiger partial charge in [-0.1, -0.05) is 11.6 Å². The molecule has 1 atom stereocenters. The Morgan fingerprint density at radius 1 is 1.39 bits per heavy atom. The number of allylic oxidation sites excluding steroid dienone is 1. The third-order valence-electron chi connectivity index (χ3n) is 1.98. The smallest absolute Gasteiger partial charge is 0.383 e. The molecule has 18 heavy (non-hydrogen) atoms. The van der Waals surface area contributed by atoms with Gasteiger partial charge in [-0.2, -0.15) is 13.2 Å². The van der Waals surface area contributed by atoms with Crippen LogP contribution in [-0.2, 0) is 0 Å². The average Bonchev–Trinajstić information content (AvgIpc) is 2.26. The lowest BCUT2D eigenvalue weighted by molar-refractivity contribution is -0.384. The maximum Gasteiger partial charge on any atom is 0.410 e. The van der Waals surface area contributed by atoms with Gasteiger partial charge in [0.05, 0.1) is 9.96 Å². The number of alkyl halides is 3. The number of nitro benzene ring substituents is 1. The van der Waals surface area contributed by atoms with E-state index in [0.717, 1.165) is 24.3 Å². The first-order valence-corrected chi connectivity index (χ1v) is 4.96. The Morgan fingerprint density at radius 3 is 2.28 bits per heavy atom. The molecule has 1 rings (SSSR count). The van der Waals surface area contributed by atoms with Crippen molar-refractivity contribution < 1.29 is 23.2 Å². The molecule has 0 aliphatic rings. The highest BCUT2D eigenvalue weighted by Crippen LogP contribution is 2.30. The van der Waals surface area contributed by atoms with Crippen molar-refractivity contribution in [2.24, 2.45) is 0 Å². The molecule has 0 aliphatic heterocycles. The molecule has 0 heterocycles. The van der Waals surface area contributed by atoms with Gasteiger partial charge in [-0.15, -0.1) is 0 Å². The van der Waals surface area contributed by atoms with Gasteiger partial charge >= 0.3 is 6.18 Å². The van der Waals surface area contributed by atoms with Gasteiger partial charge in [-0.05, 0) is 17.7 Å². The molecule has 0 saturated carbocycles. The monoisotopic (exact) mass is 281 g/mol. The Bertz CT molecular complexity index is 470. The maximum atomic E-state index is 12.0. The van der Waals surface area contributed by atoms with Crippen LogP contribution < -0.4 is 0 Å². The number of nitrogens with zero attached hydrogens (tertiary/aromatic N) is 1. The van der Waals surface area contributed by atoms with Gasteiger partial charge in [0.25, 0.3) is 5.69 Å². The van der Waals surface area contributed by atoms with E-state index in [2.05, 4.69) is 0 Å². The van der Waals surface area contributed by atoms with Crippen LogP contribution in [0.15, 0.2) is 35.4 Å². The summed E-state index contributed by atoms with van der Waals surface area (Å²) in [5.74, 6) is 0. The number of aliphatic hydroxyl groups is 1. The molecule has 0 amide bonds. The quantitative estimate of drug-likeness (QED) is 0.683. The molecule has 0 aromatic heterocycles. The van der Waals surface area contributed by atoms with Crippen LogP contribution in [0, 0.1) is 10.1 Å². The van der Waals surface area contributed by atoms with Gasteiger partial charge in [0, 0.05) is 18.2 Å². The highest BCUT2D eigenvalue weighted by molar-refractivity contribution is 6.30. The Kier molecular flexibility index (Phi) is 4.31. The van der Waals surface area contributed by atoms with Crippen molar-refractivity contribution in [3.63, 3.8) is 0 Å². The fourth-order valence-corrected chi connectivity index (χ4v) is 1.42. The SMILES string of the molecule is O=[N+]([O-])c1ccc(C(O)/C(Cl)=C\C(F)(F)F)cc1. The van der Waals surface area contributed by atoms with Crippen LogP contribution in [-0.4, -0.2) is 16.2 Å². The van der Waals surface area contributed by atoms with Crippen LogP contribution in [0.25, 0.3) is 0 Å². The predicted octanol–water partition coefficient (Wildman–Crippen LogP) is 3.31. The Labute approximate surface area is 104 Å². The summed E-state index contributed by atoms with van der Waals surface area (Å²) in [4.78, 5) is 9.70. The van der Waals surface area contributed by atoms with Crippen molar-refractivity contribution in [3.8, 4) is 0 Å². The van der Waals surface area contributed by atoms with Crippen LogP contribution in [0.1, 0.15) is 11.7 Å². The fourth-order valence-electron chi connectivity index (χ4n) is 1.17. The third kappa shape index (κ3) is 4.01. The zero-order valence-corrected chi connectivity index (χ0v) is 9.44. The lowest BCUT2D eigenvalue weighted by atomic mass is 10.1. The minimum Gasteiger partial charge on any atom is -0.383 e. The van der Waals surface area contributed by atoms with Crippen LogP contribution in [0.3, 0.4) is 0 Å². The summed E-state index contributed by atoms with van der Waals surface area (Å²) in [6.45, 7) is 0. The minimum atomic E-state index is -4.64. The fraction of sp³-hybridized carbons (Fsp3) is 0.200. The van der Waals surface area contributed by atoms with Gasteiger partial charge in [0.2, 0.25) is 0 Å². The molecule has 1 aromatic carbocycles. The van der Waals surface area contributed by atoms with Crippen molar-refractivity contribution in [2.75, 3.05) is 0 Å². The first-order valence-electron chi connectivity index (χ1n) is 4.58. The van der Waals surface area contributed by atoms with E-state index in [-0.39, 0.29) is 17.3 Å². The number of rotatable bonds is 3. The van der Waals surface area contributed by atoms with E-state index in [9.17, 15) is 28.4 Å². The van der Waals surface area contributed by atoms with Gasteiger partial charge in [-0.3, -0.25) is 10.1 Å². The van der Waals surface area contributed by atoms with E-state index in [1.807, 2.05) is 0 Å². The lowest BCUT2D eigenvalue weighted by Gasteiger charge is -2.10. The Balaban J connectivity index is 2.94. The molecule has 0 aliphatic carbocycles. The highest BCUT2D eigenvalue weighted by atomic mass is 35.5. The second-order valence-corrected chi connectivity index (χ2v) is 3.76. The molecule has 0 bridgehead atoms. The Morgan fingerprint density at radius 2 is 1.89 bits per heavy atom. The average molecular weight is 282 g/mol. The van der Waals surface area contributed by atoms with E-state index in [4.69, 9.17) is 11.6 Å². The van der Waals surface area contributed by atoms with E-state index < -0.39 is 22.2 Å². The van der Waals surface area contributed by atoms with E-state index in [0.29, 0.717) is 0 Å². The van der Waals surface area contributed by atoms with E-state index in [1.54, 1.807) is 0 Å². The number of aliphatic hydroxyl groups excluding tert-OH is 1. The summed E-state index contributed by atoms with van der Waals surface area (Å²) >= 11 is 5.31. The molecule has 98 valence electrons. The number of benzene rings is 1. The molecule has 0 spiro atoms. The van der Waals surface area contributed by atoms with Crippen molar-refractivity contribution in [2.45, 2.75) is 12.3 Å². The molecule has 0 radical (unpaired) electrons. The first-order chi connectivity index (χ1) is 8.20. The molecular formula is C10H7ClF3NO3. The zero-order valence-electron chi connectivity index (χ0n) is 8.69. The topological polar surface area (TPSA) is 63.4 Å². The Hall–Kier alpha value is -1.60. The lowest BCUT2D eigenvalue weighted by Crippen LogP contribution is -2.06. The van der Waals surface area contributed by atoms with Crippen molar-refractivity contribution in [3.05, 3.63) is 51.1 Å². The number of hydrogen-bond donors (Lipinski definition) is 1. The van der Waals surface area contributed by atoms with Crippen LogP contribution in [0.5, 0.6) is 0 Å². The third-order valence-corrected chi connectivity index (χ3v) is 2.30. The summed E-state index contributed by atoms with van der Waals surface area (Å²) in [6.07, 6.45) is -6.55. The van der Waals surface area contributed by atoms with Crippen molar-refractivity contribution in [1.82, 2.24) is 0 Å². The van der Waals surface area contributed by atoms with Gasteiger partial charge in [0.15, 0.2) is 0 Å². The molecule has 0 saturated heterocycles. The summed E-state index contributed by atoms with van der Waals surface area (Å²) in [7, 11) is 0. The van der Waals surface area contributed by atoms with E-state index in [1.165, 1.54) is 0 Å². The van der Waals surface area contributed by atoms with Crippen LogP contribution in [0.4, 0.5) is 18.9 Å². The number of nitro groups is 1. The second-order valence-electron chi connectivity index (χ2n) is 3.32. The molecule has 1 unspecified atom stereocenters.